The van der Waals surface area contributed by atoms with Crippen LogP contribution < -0.4 is 0 Å². The molecule has 0 bridgehead atoms. The van der Waals surface area contributed by atoms with Crippen molar-refractivity contribution in [2.45, 2.75) is 167 Å². The van der Waals surface area contributed by atoms with Gasteiger partial charge in [-0.05, 0) is 106 Å². The van der Waals surface area contributed by atoms with E-state index >= 15 is 0 Å². The van der Waals surface area contributed by atoms with E-state index < -0.39 is 0 Å². The first-order valence-electron chi connectivity index (χ1n) is 28.9. The van der Waals surface area contributed by atoms with Crippen LogP contribution in [0.2, 0.25) is 0 Å². The lowest BCUT2D eigenvalue weighted by molar-refractivity contribution is 0.401. The number of aromatic nitrogens is 2. The Bertz CT molecular complexity index is 3060. The quantitative estimate of drug-likeness (QED) is 0.0566. The monoisotopic (exact) mass is 977 g/mol. The van der Waals surface area contributed by atoms with Gasteiger partial charge in [0.25, 0.3) is 0 Å². The molecule has 2 aliphatic carbocycles. The topological polar surface area (TPSA) is 52.1 Å². The summed E-state index contributed by atoms with van der Waals surface area (Å²) in [4.78, 5) is 11.2. The fraction of sp³-hybridized carbons (Fsp3) is 0.371. The van der Waals surface area contributed by atoms with Crippen molar-refractivity contribution in [1.29, 1.82) is 0 Å². The molecule has 0 radical (unpaired) electrons. The number of oxazole rings is 2. The Hall–Kier alpha value is -6.52. The fourth-order valence-electron chi connectivity index (χ4n) is 13.4. The van der Waals surface area contributed by atoms with Gasteiger partial charge in [-0.15, -0.1) is 0 Å². The van der Waals surface area contributed by atoms with Crippen molar-refractivity contribution < 1.29 is 8.83 Å². The van der Waals surface area contributed by atoms with Crippen molar-refractivity contribution >= 4 is 22.2 Å². The molecule has 0 saturated carbocycles. The molecule has 0 atom stereocenters. The maximum absolute atomic E-state index is 7.30. The smallest absolute Gasteiger partial charge is 0.227 e. The highest BCUT2D eigenvalue weighted by Crippen LogP contribution is 2.57. The minimum atomic E-state index is -0.0515. The lowest BCUT2D eigenvalue weighted by Crippen LogP contribution is -2.25. The summed E-state index contributed by atoms with van der Waals surface area (Å²) < 4.78 is 14.6. The zero-order valence-corrected chi connectivity index (χ0v) is 44.7. The second-order valence-corrected chi connectivity index (χ2v) is 21.9. The largest absolute Gasteiger partial charge is 0.435 e. The SMILES string of the molecule is CCCCCCC1(CCCCCC)c2ccccc2-c2ccc(-c3nc4c(-c5ccccc5)c5oc(-c6ccc7c(c6)C(CCCCCC)(CCCCCC)c6ccccc6-7)nc5c(-c5ccccc5)c4o3)cc21. The molecule has 0 spiro atoms. The summed E-state index contributed by atoms with van der Waals surface area (Å²) in [5.74, 6) is 1.25. The lowest BCUT2D eigenvalue weighted by Gasteiger charge is -2.33. The van der Waals surface area contributed by atoms with Crippen molar-refractivity contribution in [3.8, 4) is 67.4 Å². The predicted octanol–water partition coefficient (Wildman–Crippen LogP) is 21.1. The first-order chi connectivity index (χ1) is 36.5. The van der Waals surface area contributed by atoms with E-state index in [2.05, 4.69) is 173 Å². The van der Waals surface area contributed by atoms with Gasteiger partial charge in [-0.2, -0.15) is 0 Å². The van der Waals surface area contributed by atoms with Crippen molar-refractivity contribution in [1.82, 2.24) is 9.97 Å². The van der Waals surface area contributed by atoms with Gasteiger partial charge in [-0.3, -0.25) is 0 Å². The van der Waals surface area contributed by atoms with Gasteiger partial charge in [0, 0.05) is 22.0 Å². The highest BCUT2D eigenvalue weighted by atomic mass is 16.4. The Morgan fingerprint density at radius 3 is 1.03 bits per heavy atom. The van der Waals surface area contributed by atoms with Crippen LogP contribution in [0.5, 0.6) is 0 Å². The van der Waals surface area contributed by atoms with E-state index in [1.54, 1.807) is 0 Å². The molecule has 74 heavy (non-hydrogen) atoms. The Morgan fingerprint density at radius 1 is 0.324 bits per heavy atom. The third-order valence-corrected chi connectivity index (χ3v) is 17.2. The number of hydrogen-bond donors (Lipinski definition) is 0. The van der Waals surface area contributed by atoms with Crippen LogP contribution in [0.4, 0.5) is 0 Å². The van der Waals surface area contributed by atoms with Crippen LogP contribution in [-0.2, 0) is 10.8 Å². The van der Waals surface area contributed by atoms with E-state index in [0.29, 0.717) is 11.8 Å². The third kappa shape index (κ3) is 9.05. The Morgan fingerprint density at radius 2 is 0.662 bits per heavy atom. The minimum Gasteiger partial charge on any atom is -0.435 e. The molecule has 0 saturated heterocycles. The molecule has 378 valence electrons. The maximum atomic E-state index is 7.30. The molecule has 7 aromatic carbocycles. The van der Waals surface area contributed by atoms with Crippen LogP contribution in [-0.4, -0.2) is 9.97 Å². The third-order valence-electron chi connectivity index (χ3n) is 17.2. The molecule has 0 fully saturated rings. The first kappa shape index (κ1) is 49.7. The first-order valence-corrected chi connectivity index (χ1v) is 28.9. The van der Waals surface area contributed by atoms with Crippen LogP contribution in [0.3, 0.4) is 0 Å². The van der Waals surface area contributed by atoms with Crippen molar-refractivity contribution in [3.05, 3.63) is 168 Å². The van der Waals surface area contributed by atoms with E-state index in [0.717, 1.165) is 81.3 Å². The lowest BCUT2D eigenvalue weighted by atomic mass is 9.70. The van der Waals surface area contributed by atoms with Crippen LogP contribution in [0.25, 0.3) is 89.6 Å². The standard InChI is InChI=1S/C70H76N2O2/c1-5-9-13-27-43-69(44-28-14-10-6-2)57-37-25-23-35-53(57)55-41-39-51(47-59(55)69)67-71-63-61(49-31-19-17-20-32-49)66-64(62(65(63)73-67)50-33-21-18-22-34-50)72-68(74-66)52-40-42-56-54-36-24-26-38-58(54)70(60(56)48-52,45-29-15-11-7-3)46-30-16-12-8-4/h17-26,31-42,47-48H,5-16,27-30,43-46H2,1-4H3. The van der Waals surface area contributed by atoms with Crippen LogP contribution in [0, 0.1) is 0 Å². The summed E-state index contributed by atoms with van der Waals surface area (Å²) in [6, 6.07) is 53.8. The molecule has 4 heteroatoms. The molecule has 2 aliphatic rings. The van der Waals surface area contributed by atoms with Gasteiger partial charge >= 0.3 is 0 Å². The summed E-state index contributed by atoms with van der Waals surface area (Å²) >= 11 is 0. The fourth-order valence-corrected chi connectivity index (χ4v) is 13.4. The van der Waals surface area contributed by atoms with E-state index in [-0.39, 0.29) is 10.8 Å². The van der Waals surface area contributed by atoms with E-state index in [9.17, 15) is 0 Å². The highest BCUT2D eigenvalue weighted by molar-refractivity contribution is 6.16. The molecule has 0 amide bonds. The zero-order chi connectivity index (χ0) is 50.5. The van der Waals surface area contributed by atoms with E-state index in [1.165, 1.54) is 147 Å². The average molecular weight is 977 g/mol. The summed E-state index contributed by atoms with van der Waals surface area (Å²) in [5.41, 5.74) is 20.2. The van der Waals surface area contributed by atoms with Gasteiger partial charge in [0.2, 0.25) is 11.8 Å². The summed E-state index contributed by atoms with van der Waals surface area (Å²) in [7, 11) is 0. The van der Waals surface area contributed by atoms with Gasteiger partial charge in [0.1, 0.15) is 11.0 Å². The molecule has 4 nitrogen and oxygen atoms in total. The van der Waals surface area contributed by atoms with Crippen LogP contribution >= 0.6 is 0 Å². The van der Waals surface area contributed by atoms with Gasteiger partial charge in [0.15, 0.2) is 11.2 Å². The molecular formula is C70H76N2O2. The normalized spacial score (nSPS) is 13.9. The Kier molecular flexibility index (Phi) is 14.9. The van der Waals surface area contributed by atoms with Crippen LogP contribution in [0.15, 0.2) is 154 Å². The van der Waals surface area contributed by atoms with Crippen LogP contribution in [0.1, 0.15) is 178 Å². The molecule has 11 rings (SSSR count). The van der Waals surface area contributed by atoms with Crippen molar-refractivity contribution in [3.63, 3.8) is 0 Å². The van der Waals surface area contributed by atoms with Gasteiger partial charge < -0.3 is 8.83 Å². The Balaban J connectivity index is 1.08. The molecule has 0 aliphatic heterocycles. The molecular weight excluding hydrogens is 901 g/mol. The van der Waals surface area contributed by atoms with Crippen molar-refractivity contribution in [2.24, 2.45) is 0 Å². The van der Waals surface area contributed by atoms with Gasteiger partial charge in [0.05, 0.1) is 11.1 Å². The van der Waals surface area contributed by atoms with Crippen molar-refractivity contribution in [2.75, 3.05) is 0 Å². The summed E-state index contributed by atoms with van der Waals surface area (Å²) in [6.07, 6.45) is 24.5. The highest BCUT2D eigenvalue weighted by Gasteiger charge is 2.44. The molecule has 9 aromatic rings. The zero-order valence-electron chi connectivity index (χ0n) is 44.7. The molecule has 2 heterocycles. The van der Waals surface area contributed by atoms with Gasteiger partial charge in [-0.1, -0.05) is 252 Å². The summed E-state index contributed by atoms with van der Waals surface area (Å²) in [6.45, 7) is 9.26. The maximum Gasteiger partial charge on any atom is 0.227 e. The molecule has 2 aromatic heterocycles. The molecule has 0 unspecified atom stereocenters. The molecule has 0 N–H and O–H groups in total. The second-order valence-electron chi connectivity index (χ2n) is 21.9. The number of benzene rings is 7. The number of fused-ring (bicyclic) bond motifs is 8. The van der Waals surface area contributed by atoms with E-state index in [4.69, 9.17) is 18.8 Å². The number of hydrogen-bond acceptors (Lipinski definition) is 4. The minimum absolute atomic E-state index is 0.0515. The van der Waals surface area contributed by atoms with Gasteiger partial charge in [-0.25, -0.2) is 9.97 Å². The predicted molar refractivity (Wildman–Crippen MR) is 311 cm³/mol. The summed E-state index contributed by atoms with van der Waals surface area (Å²) in [5, 5.41) is 0. The number of nitrogens with zero attached hydrogens (tertiary/aromatic N) is 2. The number of rotatable bonds is 24. The number of unbranched alkanes of at least 4 members (excludes halogenated alkanes) is 12. The average Bonchev–Trinajstić information content (AvgIpc) is 4.22. The second kappa shape index (κ2) is 22.1. The van der Waals surface area contributed by atoms with E-state index in [1.807, 2.05) is 0 Å². The Labute approximate surface area is 441 Å².